The fourth-order valence-electron chi connectivity index (χ4n) is 1.31. The first-order chi connectivity index (χ1) is 7.58. The van der Waals surface area contributed by atoms with Gasteiger partial charge in [-0.25, -0.2) is 4.79 Å². The molecule has 0 atom stereocenters. The highest BCUT2D eigenvalue weighted by atomic mass is 35.5. The summed E-state index contributed by atoms with van der Waals surface area (Å²) in [4.78, 5) is 10.6. The molecule has 0 saturated carbocycles. The van der Waals surface area contributed by atoms with Gasteiger partial charge in [0, 0.05) is 0 Å². The van der Waals surface area contributed by atoms with E-state index in [1.54, 1.807) is 10.7 Å². The van der Waals surface area contributed by atoms with Gasteiger partial charge in [0.15, 0.2) is 0 Å². The Bertz CT molecular complexity index is 530. The van der Waals surface area contributed by atoms with Gasteiger partial charge in [-0.05, 0) is 19.1 Å². The number of hydrogen-bond acceptors (Lipinski definition) is 3. The summed E-state index contributed by atoms with van der Waals surface area (Å²) in [5.41, 5.74) is 0.815. The number of carboxylic acids is 1. The lowest BCUT2D eigenvalue weighted by Gasteiger charge is -2.00. The lowest BCUT2D eigenvalue weighted by Crippen LogP contribution is -2.02. The fourth-order valence-corrected chi connectivity index (χ4v) is 1.45. The molecule has 2 rings (SSSR count). The topological polar surface area (TPSA) is 68.3 Å². The van der Waals surface area contributed by atoms with E-state index in [4.69, 9.17) is 21.1 Å². The number of halogens is 1. The van der Waals surface area contributed by atoms with Crippen LogP contribution in [0.4, 0.5) is 0 Å². The molecular weight excluding hydrogens is 232 g/mol. The number of aromatic nitrogens is 2. The second-order valence-corrected chi connectivity index (χ2v) is 3.71. The first-order valence-electron chi connectivity index (χ1n) is 4.58. The first-order valence-corrected chi connectivity index (χ1v) is 4.95. The highest BCUT2D eigenvalue weighted by molar-refractivity contribution is 6.31. The fraction of sp³-hybridized carbons (Fsp3) is 0.200. The third-order valence-corrected chi connectivity index (χ3v) is 2.59. The molecule has 0 aromatic carbocycles. The van der Waals surface area contributed by atoms with Gasteiger partial charge in [-0.2, -0.15) is 5.10 Å². The summed E-state index contributed by atoms with van der Waals surface area (Å²) in [6, 6.07) is 3.02. The van der Waals surface area contributed by atoms with E-state index in [1.807, 2.05) is 6.92 Å². The van der Waals surface area contributed by atoms with Gasteiger partial charge in [-0.15, -0.1) is 0 Å². The van der Waals surface area contributed by atoms with Crippen LogP contribution in [0.2, 0.25) is 5.02 Å². The van der Waals surface area contributed by atoms with Crippen molar-refractivity contribution in [2.75, 3.05) is 0 Å². The summed E-state index contributed by atoms with van der Waals surface area (Å²) < 4.78 is 6.76. The summed E-state index contributed by atoms with van der Waals surface area (Å²) in [5, 5.41) is 13.3. The SMILES string of the molecule is Cc1c(Cl)cnn1Cc1ccc(C(=O)O)o1. The molecule has 5 nitrogen and oxygen atoms in total. The van der Waals surface area contributed by atoms with Crippen LogP contribution in [0.15, 0.2) is 22.7 Å². The Morgan fingerprint density at radius 2 is 2.38 bits per heavy atom. The quantitative estimate of drug-likeness (QED) is 0.893. The third kappa shape index (κ3) is 1.94. The van der Waals surface area contributed by atoms with Crippen molar-refractivity contribution in [1.82, 2.24) is 9.78 Å². The Morgan fingerprint density at radius 1 is 1.62 bits per heavy atom. The standard InChI is InChI=1S/C10H9ClN2O3/c1-6-8(11)4-12-13(6)5-7-2-3-9(16-7)10(14)15/h2-4H,5H2,1H3,(H,14,15). The number of nitrogens with zero attached hydrogens (tertiary/aromatic N) is 2. The number of hydrogen-bond donors (Lipinski definition) is 1. The Morgan fingerprint density at radius 3 is 2.88 bits per heavy atom. The number of aromatic carboxylic acids is 1. The average molecular weight is 241 g/mol. The molecule has 16 heavy (non-hydrogen) atoms. The van der Waals surface area contributed by atoms with E-state index in [0.29, 0.717) is 17.3 Å². The second kappa shape index (κ2) is 4.02. The third-order valence-electron chi connectivity index (χ3n) is 2.22. The molecule has 2 aromatic heterocycles. The largest absolute Gasteiger partial charge is 0.475 e. The molecule has 0 aliphatic heterocycles. The first kappa shape index (κ1) is 10.8. The Kier molecular flexibility index (Phi) is 2.70. The molecule has 84 valence electrons. The predicted octanol–water partition coefficient (Wildman–Crippen LogP) is 2.18. The highest BCUT2D eigenvalue weighted by Crippen LogP contribution is 2.16. The van der Waals surface area contributed by atoms with Crippen LogP contribution in [0.5, 0.6) is 0 Å². The molecule has 0 amide bonds. The molecular formula is C10H9ClN2O3. The van der Waals surface area contributed by atoms with Gasteiger partial charge in [0.25, 0.3) is 0 Å². The molecule has 1 N–H and O–H groups in total. The van der Waals surface area contributed by atoms with Crippen molar-refractivity contribution >= 4 is 17.6 Å². The molecule has 6 heteroatoms. The summed E-state index contributed by atoms with van der Waals surface area (Å²) >= 11 is 5.84. The molecule has 2 heterocycles. The zero-order valence-electron chi connectivity index (χ0n) is 8.48. The molecule has 0 fully saturated rings. The van der Waals surface area contributed by atoms with Crippen molar-refractivity contribution in [3.05, 3.63) is 40.6 Å². The zero-order chi connectivity index (χ0) is 11.7. The van der Waals surface area contributed by atoms with Crippen molar-refractivity contribution in [2.24, 2.45) is 0 Å². The summed E-state index contributed by atoms with van der Waals surface area (Å²) in [5.74, 6) is -0.632. The maximum atomic E-state index is 10.6. The molecule has 0 spiro atoms. The van der Waals surface area contributed by atoms with Crippen LogP contribution < -0.4 is 0 Å². The van der Waals surface area contributed by atoms with Gasteiger partial charge in [-0.1, -0.05) is 11.6 Å². The van der Waals surface area contributed by atoms with E-state index < -0.39 is 5.97 Å². The summed E-state index contributed by atoms with van der Waals surface area (Å²) in [6.07, 6.45) is 1.54. The van der Waals surface area contributed by atoms with Crippen LogP contribution in [-0.2, 0) is 6.54 Å². The van der Waals surface area contributed by atoms with Gasteiger partial charge in [0.2, 0.25) is 5.76 Å². The van der Waals surface area contributed by atoms with E-state index in [1.165, 1.54) is 12.3 Å². The second-order valence-electron chi connectivity index (χ2n) is 3.31. The van der Waals surface area contributed by atoms with Crippen LogP contribution in [-0.4, -0.2) is 20.9 Å². The van der Waals surface area contributed by atoms with E-state index in [0.717, 1.165) is 5.69 Å². The van der Waals surface area contributed by atoms with Crippen molar-refractivity contribution < 1.29 is 14.3 Å². The molecule has 0 radical (unpaired) electrons. The zero-order valence-corrected chi connectivity index (χ0v) is 9.23. The maximum Gasteiger partial charge on any atom is 0.371 e. The monoisotopic (exact) mass is 240 g/mol. The molecule has 0 aliphatic carbocycles. The average Bonchev–Trinajstić information content (AvgIpc) is 2.81. The number of furan rings is 1. The minimum absolute atomic E-state index is 0.0779. The Hall–Kier alpha value is -1.75. The van der Waals surface area contributed by atoms with Crippen molar-refractivity contribution in [3.8, 4) is 0 Å². The molecule has 0 saturated heterocycles. The summed E-state index contributed by atoms with van der Waals surface area (Å²) in [7, 11) is 0. The van der Waals surface area contributed by atoms with Crippen molar-refractivity contribution in [2.45, 2.75) is 13.5 Å². The van der Waals surface area contributed by atoms with Crippen molar-refractivity contribution in [3.63, 3.8) is 0 Å². The molecule has 2 aromatic rings. The van der Waals surface area contributed by atoms with Crippen LogP contribution in [0.25, 0.3) is 0 Å². The number of carboxylic acid groups (broad SMARTS) is 1. The highest BCUT2D eigenvalue weighted by Gasteiger charge is 2.11. The van der Waals surface area contributed by atoms with Gasteiger partial charge in [0.1, 0.15) is 5.76 Å². The maximum absolute atomic E-state index is 10.6. The van der Waals surface area contributed by atoms with E-state index in [9.17, 15) is 4.79 Å². The van der Waals surface area contributed by atoms with Crippen LogP contribution in [0, 0.1) is 6.92 Å². The van der Waals surface area contributed by atoms with Crippen LogP contribution >= 0.6 is 11.6 Å². The predicted molar refractivity (Wildman–Crippen MR) is 56.7 cm³/mol. The van der Waals surface area contributed by atoms with E-state index in [2.05, 4.69) is 5.10 Å². The molecule has 0 unspecified atom stereocenters. The van der Waals surface area contributed by atoms with E-state index >= 15 is 0 Å². The molecule has 0 bridgehead atoms. The van der Waals surface area contributed by atoms with Gasteiger partial charge in [-0.3, -0.25) is 4.68 Å². The Labute approximate surface area is 96.2 Å². The normalized spacial score (nSPS) is 10.6. The summed E-state index contributed by atoms with van der Waals surface area (Å²) in [6.45, 7) is 2.20. The minimum atomic E-state index is -1.08. The molecule has 0 aliphatic rings. The minimum Gasteiger partial charge on any atom is -0.475 e. The van der Waals surface area contributed by atoms with Crippen LogP contribution in [0.3, 0.4) is 0 Å². The lowest BCUT2D eigenvalue weighted by atomic mass is 10.4. The van der Waals surface area contributed by atoms with Gasteiger partial charge in [0.05, 0.1) is 23.5 Å². The number of carbonyl (C=O) groups is 1. The Balaban J connectivity index is 2.21. The number of rotatable bonds is 3. The van der Waals surface area contributed by atoms with Crippen molar-refractivity contribution in [1.29, 1.82) is 0 Å². The van der Waals surface area contributed by atoms with E-state index in [-0.39, 0.29) is 5.76 Å². The van der Waals surface area contributed by atoms with Crippen LogP contribution in [0.1, 0.15) is 22.0 Å². The lowest BCUT2D eigenvalue weighted by molar-refractivity contribution is 0.0660. The van der Waals surface area contributed by atoms with Gasteiger partial charge < -0.3 is 9.52 Å². The smallest absolute Gasteiger partial charge is 0.371 e. The van der Waals surface area contributed by atoms with Gasteiger partial charge >= 0.3 is 5.97 Å².